The molecule has 0 radical (unpaired) electrons. The third-order valence-electron chi connectivity index (χ3n) is 2.98. The number of nitrogens with zero attached hydrogens (tertiary/aromatic N) is 2. The fourth-order valence-corrected chi connectivity index (χ4v) is 1.81. The quantitative estimate of drug-likeness (QED) is 0.877. The van der Waals surface area contributed by atoms with Crippen LogP contribution < -0.4 is 10.9 Å². The van der Waals surface area contributed by atoms with Crippen LogP contribution >= 0.6 is 0 Å². The van der Waals surface area contributed by atoms with Gasteiger partial charge in [0.15, 0.2) is 5.76 Å². The van der Waals surface area contributed by atoms with Crippen molar-refractivity contribution in [3.63, 3.8) is 0 Å². The normalized spacial score (nSPS) is 10.8. The number of furan rings is 1. The second-order valence-electron chi connectivity index (χ2n) is 5.22. The zero-order valence-corrected chi connectivity index (χ0v) is 12.2. The van der Waals surface area contributed by atoms with E-state index in [-0.39, 0.29) is 18.0 Å². The lowest BCUT2D eigenvalue weighted by atomic mass is 10.1. The van der Waals surface area contributed by atoms with Gasteiger partial charge in [-0.3, -0.25) is 9.59 Å². The van der Waals surface area contributed by atoms with E-state index in [1.807, 2.05) is 0 Å². The van der Waals surface area contributed by atoms with Crippen molar-refractivity contribution in [3.8, 4) is 11.5 Å². The topological polar surface area (TPSA) is 77.1 Å². The summed E-state index contributed by atoms with van der Waals surface area (Å²) in [5.41, 5.74) is 0.207. The summed E-state index contributed by atoms with van der Waals surface area (Å²) in [6, 6.07) is 6.45. The van der Waals surface area contributed by atoms with E-state index in [2.05, 4.69) is 24.3 Å². The molecule has 0 bridgehead atoms. The fourth-order valence-electron chi connectivity index (χ4n) is 1.81. The SMILES string of the molecule is CC(C)CCNC(=O)Cn1nc(-c2ccco2)ccc1=O. The van der Waals surface area contributed by atoms with Gasteiger partial charge < -0.3 is 9.73 Å². The molecule has 0 spiro atoms. The van der Waals surface area contributed by atoms with Crippen LogP contribution in [0.4, 0.5) is 0 Å². The molecule has 0 fully saturated rings. The molecule has 2 aromatic rings. The second kappa shape index (κ2) is 6.88. The molecule has 112 valence electrons. The Labute approximate surface area is 122 Å². The number of hydrogen-bond acceptors (Lipinski definition) is 4. The average molecular weight is 289 g/mol. The second-order valence-corrected chi connectivity index (χ2v) is 5.22. The van der Waals surface area contributed by atoms with Gasteiger partial charge in [0.1, 0.15) is 12.2 Å². The Morgan fingerprint density at radius 2 is 2.19 bits per heavy atom. The van der Waals surface area contributed by atoms with Crippen molar-refractivity contribution in [3.05, 3.63) is 40.9 Å². The Hall–Kier alpha value is -2.37. The Balaban J connectivity index is 2.04. The number of rotatable bonds is 6. The molecule has 1 amide bonds. The Kier molecular flexibility index (Phi) is 4.92. The van der Waals surface area contributed by atoms with Gasteiger partial charge in [0.05, 0.1) is 6.26 Å². The summed E-state index contributed by atoms with van der Waals surface area (Å²) in [6.45, 7) is 4.69. The van der Waals surface area contributed by atoms with Gasteiger partial charge in [0.25, 0.3) is 5.56 Å². The van der Waals surface area contributed by atoms with E-state index in [4.69, 9.17) is 4.42 Å². The molecule has 1 N–H and O–H groups in total. The summed E-state index contributed by atoms with van der Waals surface area (Å²) in [7, 11) is 0. The summed E-state index contributed by atoms with van der Waals surface area (Å²) in [4.78, 5) is 23.6. The largest absolute Gasteiger partial charge is 0.463 e. The number of aromatic nitrogens is 2. The first-order chi connectivity index (χ1) is 10.1. The molecular weight excluding hydrogens is 270 g/mol. The average Bonchev–Trinajstić information content (AvgIpc) is 2.95. The molecule has 0 atom stereocenters. The molecule has 0 saturated heterocycles. The summed E-state index contributed by atoms with van der Waals surface area (Å²) in [5.74, 6) is 0.860. The maximum Gasteiger partial charge on any atom is 0.267 e. The van der Waals surface area contributed by atoms with E-state index in [1.165, 1.54) is 12.3 Å². The fraction of sp³-hybridized carbons (Fsp3) is 0.400. The van der Waals surface area contributed by atoms with E-state index in [0.29, 0.717) is 23.9 Å². The van der Waals surface area contributed by atoms with Crippen LogP contribution in [0.2, 0.25) is 0 Å². The summed E-state index contributed by atoms with van der Waals surface area (Å²) >= 11 is 0. The molecule has 0 unspecified atom stereocenters. The van der Waals surface area contributed by atoms with Crippen molar-refractivity contribution in [2.75, 3.05) is 6.54 Å². The van der Waals surface area contributed by atoms with E-state index in [0.717, 1.165) is 11.1 Å². The van der Waals surface area contributed by atoms with Gasteiger partial charge in [-0.15, -0.1) is 0 Å². The zero-order chi connectivity index (χ0) is 15.2. The minimum absolute atomic E-state index is 0.0918. The lowest BCUT2D eigenvalue weighted by molar-refractivity contribution is -0.121. The third-order valence-corrected chi connectivity index (χ3v) is 2.98. The van der Waals surface area contributed by atoms with Gasteiger partial charge in [0.2, 0.25) is 5.91 Å². The highest BCUT2D eigenvalue weighted by atomic mass is 16.3. The summed E-state index contributed by atoms with van der Waals surface area (Å²) in [6.07, 6.45) is 2.44. The molecule has 2 rings (SSSR count). The predicted molar refractivity (Wildman–Crippen MR) is 78.7 cm³/mol. The van der Waals surface area contributed by atoms with E-state index in [9.17, 15) is 9.59 Å². The van der Waals surface area contributed by atoms with Crippen molar-refractivity contribution in [1.82, 2.24) is 15.1 Å². The molecule has 6 heteroatoms. The maximum atomic E-state index is 11.8. The van der Waals surface area contributed by atoms with Crippen molar-refractivity contribution in [2.24, 2.45) is 5.92 Å². The van der Waals surface area contributed by atoms with Crippen molar-refractivity contribution in [1.29, 1.82) is 0 Å². The van der Waals surface area contributed by atoms with Crippen LogP contribution in [0.15, 0.2) is 39.7 Å². The van der Waals surface area contributed by atoms with Crippen LogP contribution in [-0.4, -0.2) is 22.2 Å². The molecular formula is C15H19N3O3. The van der Waals surface area contributed by atoms with Crippen LogP contribution in [-0.2, 0) is 11.3 Å². The van der Waals surface area contributed by atoms with Crippen LogP contribution in [0.5, 0.6) is 0 Å². The van der Waals surface area contributed by atoms with Crippen LogP contribution in [0.25, 0.3) is 11.5 Å². The molecule has 0 saturated carbocycles. The standard InChI is InChI=1S/C15H19N3O3/c1-11(2)7-8-16-14(19)10-18-15(20)6-5-12(17-18)13-4-3-9-21-13/h3-6,9,11H,7-8,10H2,1-2H3,(H,16,19). The van der Waals surface area contributed by atoms with Crippen LogP contribution in [0.3, 0.4) is 0 Å². The Morgan fingerprint density at radius 3 is 2.86 bits per heavy atom. The Bertz CT molecular complexity index is 644. The predicted octanol–water partition coefficient (Wildman–Crippen LogP) is 1.67. The first-order valence-corrected chi connectivity index (χ1v) is 6.95. The molecule has 0 aromatic carbocycles. The maximum absolute atomic E-state index is 11.8. The van der Waals surface area contributed by atoms with Gasteiger partial charge in [-0.05, 0) is 30.5 Å². The van der Waals surface area contributed by atoms with Gasteiger partial charge in [-0.1, -0.05) is 13.8 Å². The molecule has 2 heterocycles. The molecule has 0 aliphatic rings. The van der Waals surface area contributed by atoms with Gasteiger partial charge in [0, 0.05) is 12.6 Å². The summed E-state index contributed by atoms with van der Waals surface area (Å²) < 4.78 is 6.37. The summed E-state index contributed by atoms with van der Waals surface area (Å²) in [5, 5.41) is 6.93. The van der Waals surface area contributed by atoms with Gasteiger partial charge >= 0.3 is 0 Å². The van der Waals surface area contributed by atoms with Gasteiger partial charge in [-0.25, -0.2) is 4.68 Å². The first-order valence-electron chi connectivity index (χ1n) is 6.95. The zero-order valence-electron chi connectivity index (χ0n) is 12.2. The first kappa shape index (κ1) is 15.0. The molecule has 21 heavy (non-hydrogen) atoms. The Morgan fingerprint density at radius 1 is 1.38 bits per heavy atom. The van der Waals surface area contributed by atoms with Gasteiger partial charge in [-0.2, -0.15) is 5.10 Å². The minimum Gasteiger partial charge on any atom is -0.463 e. The molecule has 2 aromatic heterocycles. The number of carbonyl (C=O) groups excluding carboxylic acids is 1. The van der Waals surface area contributed by atoms with E-state index >= 15 is 0 Å². The number of carbonyl (C=O) groups is 1. The smallest absolute Gasteiger partial charge is 0.267 e. The van der Waals surface area contributed by atoms with Crippen molar-refractivity contribution < 1.29 is 9.21 Å². The molecule has 6 nitrogen and oxygen atoms in total. The molecule has 0 aliphatic carbocycles. The van der Waals surface area contributed by atoms with Crippen molar-refractivity contribution >= 4 is 5.91 Å². The lowest BCUT2D eigenvalue weighted by Gasteiger charge is -2.08. The lowest BCUT2D eigenvalue weighted by Crippen LogP contribution is -2.34. The minimum atomic E-state index is -0.315. The monoisotopic (exact) mass is 289 g/mol. The highest BCUT2D eigenvalue weighted by molar-refractivity contribution is 5.75. The number of amides is 1. The van der Waals surface area contributed by atoms with E-state index in [1.54, 1.807) is 18.2 Å². The molecule has 0 aliphatic heterocycles. The van der Waals surface area contributed by atoms with Crippen molar-refractivity contribution in [2.45, 2.75) is 26.8 Å². The van der Waals surface area contributed by atoms with Crippen LogP contribution in [0.1, 0.15) is 20.3 Å². The highest BCUT2D eigenvalue weighted by Gasteiger charge is 2.09. The number of hydrogen-bond donors (Lipinski definition) is 1. The number of nitrogens with one attached hydrogen (secondary N) is 1. The van der Waals surface area contributed by atoms with Crippen LogP contribution in [0, 0.1) is 5.92 Å². The highest BCUT2D eigenvalue weighted by Crippen LogP contribution is 2.14. The third kappa shape index (κ3) is 4.30. The van der Waals surface area contributed by atoms with E-state index < -0.39 is 0 Å².